The standard InChI is InChI=1S/C16H23FN2O/c1-2-19(12-13-6-5-9-18-11-13)16(20)10-14-7-3-4-8-15(14)17/h3-4,7-8,13,18H,2,5-6,9-12H2,1H3. The molecule has 0 bridgehead atoms. The Bertz CT molecular complexity index is 444. The number of carbonyl (C=O) groups excluding carboxylic acids is 1. The van der Waals surface area contributed by atoms with Gasteiger partial charge in [-0.15, -0.1) is 0 Å². The molecule has 0 spiro atoms. The van der Waals surface area contributed by atoms with E-state index in [0.717, 1.165) is 26.1 Å². The van der Waals surface area contributed by atoms with Crippen LogP contribution < -0.4 is 5.32 Å². The zero-order valence-corrected chi connectivity index (χ0v) is 12.1. The molecule has 1 saturated heterocycles. The molecule has 20 heavy (non-hydrogen) atoms. The predicted molar refractivity (Wildman–Crippen MR) is 78.0 cm³/mol. The highest BCUT2D eigenvalue weighted by atomic mass is 19.1. The molecule has 0 aliphatic carbocycles. The Labute approximate surface area is 120 Å². The number of likely N-dealkylation sites (N-methyl/N-ethyl adjacent to an activating group) is 1. The number of rotatable bonds is 5. The number of hydrogen-bond donors (Lipinski definition) is 1. The third kappa shape index (κ3) is 4.04. The Balaban J connectivity index is 1.93. The molecule has 0 saturated carbocycles. The Morgan fingerprint density at radius 1 is 1.45 bits per heavy atom. The number of carbonyl (C=O) groups is 1. The minimum atomic E-state index is -0.295. The van der Waals surface area contributed by atoms with Gasteiger partial charge < -0.3 is 10.2 Å². The molecule has 1 N–H and O–H groups in total. The predicted octanol–water partition coefficient (Wildman–Crippen LogP) is 2.22. The summed E-state index contributed by atoms with van der Waals surface area (Å²) in [6, 6.07) is 6.51. The third-order valence-corrected chi connectivity index (χ3v) is 3.91. The average molecular weight is 278 g/mol. The normalized spacial score (nSPS) is 18.8. The van der Waals surface area contributed by atoms with Crippen molar-refractivity contribution in [2.75, 3.05) is 26.2 Å². The first-order chi connectivity index (χ1) is 9.70. The van der Waals surface area contributed by atoms with Crippen LogP contribution >= 0.6 is 0 Å². The van der Waals surface area contributed by atoms with Gasteiger partial charge in [-0.3, -0.25) is 4.79 Å². The van der Waals surface area contributed by atoms with E-state index in [0.29, 0.717) is 18.0 Å². The fourth-order valence-corrected chi connectivity index (χ4v) is 2.72. The summed E-state index contributed by atoms with van der Waals surface area (Å²) in [6.45, 7) is 5.49. The van der Waals surface area contributed by atoms with Gasteiger partial charge in [0.1, 0.15) is 5.82 Å². The molecule has 1 atom stereocenters. The number of nitrogens with zero attached hydrogens (tertiary/aromatic N) is 1. The molecule has 3 nitrogen and oxygen atoms in total. The molecule has 1 amide bonds. The van der Waals surface area contributed by atoms with Crippen LogP contribution in [0.4, 0.5) is 4.39 Å². The maximum absolute atomic E-state index is 13.6. The maximum Gasteiger partial charge on any atom is 0.227 e. The van der Waals surface area contributed by atoms with Crippen molar-refractivity contribution in [1.29, 1.82) is 0 Å². The summed E-state index contributed by atoms with van der Waals surface area (Å²) in [5, 5.41) is 3.36. The number of piperidine rings is 1. The number of hydrogen-bond acceptors (Lipinski definition) is 2. The third-order valence-electron chi connectivity index (χ3n) is 3.91. The van der Waals surface area contributed by atoms with E-state index in [1.807, 2.05) is 11.8 Å². The van der Waals surface area contributed by atoms with Crippen LogP contribution in [0, 0.1) is 11.7 Å². The highest BCUT2D eigenvalue weighted by molar-refractivity contribution is 5.78. The number of nitrogens with one attached hydrogen (secondary N) is 1. The van der Waals surface area contributed by atoms with Crippen LogP contribution in [0.25, 0.3) is 0 Å². The van der Waals surface area contributed by atoms with Crippen molar-refractivity contribution in [3.63, 3.8) is 0 Å². The van der Waals surface area contributed by atoms with E-state index in [9.17, 15) is 9.18 Å². The lowest BCUT2D eigenvalue weighted by Crippen LogP contribution is -2.41. The van der Waals surface area contributed by atoms with Crippen molar-refractivity contribution >= 4 is 5.91 Å². The summed E-state index contributed by atoms with van der Waals surface area (Å²) < 4.78 is 13.6. The molecule has 2 rings (SSSR count). The zero-order chi connectivity index (χ0) is 14.4. The van der Waals surface area contributed by atoms with Gasteiger partial charge in [-0.2, -0.15) is 0 Å². The molecule has 110 valence electrons. The molecule has 1 aliphatic heterocycles. The van der Waals surface area contributed by atoms with Crippen LogP contribution in [0.1, 0.15) is 25.3 Å². The molecule has 1 fully saturated rings. The lowest BCUT2D eigenvalue weighted by Gasteiger charge is -2.29. The molecular formula is C16H23FN2O. The van der Waals surface area contributed by atoms with E-state index in [2.05, 4.69) is 5.32 Å². The van der Waals surface area contributed by atoms with Crippen LogP contribution in [-0.4, -0.2) is 37.0 Å². The molecular weight excluding hydrogens is 255 g/mol. The summed E-state index contributed by atoms with van der Waals surface area (Å²) in [6.07, 6.45) is 2.49. The molecule has 4 heteroatoms. The second-order valence-corrected chi connectivity index (χ2v) is 5.41. The van der Waals surface area contributed by atoms with Crippen LogP contribution in [0.2, 0.25) is 0 Å². The minimum absolute atomic E-state index is 0.0168. The summed E-state index contributed by atoms with van der Waals surface area (Å²) in [7, 11) is 0. The lowest BCUT2D eigenvalue weighted by molar-refractivity contribution is -0.131. The second-order valence-electron chi connectivity index (χ2n) is 5.41. The van der Waals surface area contributed by atoms with Crippen LogP contribution in [0.15, 0.2) is 24.3 Å². The van der Waals surface area contributed by atoms with Crippen LogP contribution in [0.3, 0.4) is 0 Å². The molecule has 1 unspecified atom stereocenters. The van der Waals surface area contributed by atoms with E-state index in [4.69, 9.17) is 0 Å². The molecule has 0 radical (unpaired) electrons. The van der Waals surface area contributed by atoms with Crippen molar-refractivity contribution in [3.05, 3.63) is 35.6 Å². The number of amides is 1. The number of halogens is 1. The highest BCUT2D eigenvalue weighted by Gasteiger charge is 2.20. The average Bonchev–Trinajstić information content (AvgIpc) is 2.48. The largest absolute Gasteiger partial charge is 0.342 e. The van der Waals surface area contributed by atoms with Gasteiger partial charge in [0.25, 0.3) is 0 Å². The highest BCUT2D eigenvalue weighted by Crippen LogP contribution is 2.14. The maximum atomic E-state index is 13.6. The second kappa shape index (κ2) is 7.39. The van der Waals surface area contributed by atoms with Gasteiger partial charge in [-0.05, 0) is 50.4 Å². The summed E-state index contributed by atoms with van der Waals surface area (Å²) in [4.78, 5) is 14.2. The first kappa shape index (κ1) is 15.0. The van der Waals surface area contributed by atoms with Gasteiger partial charge >= 0.3 is 0 Å². The van der Waals surface area contributed by atoms with E-state index in [1.54, 1.807) is 18.2 Å². The Hall–Kier alpha value is -1.42. The van der Waals surface area contributed by atoms with E-state index in [1.165, 1.54) is 12.5 Å². The summed E-state index contributed by atoms with van der Waals surface area (Å²) >= 11 is 0. The van der Waals surface area contributed by atoms with E-state index >= 15 is 0 Å². The Kier molecular flexibility index (Phi) is 5.53. The van der Waals surface area contributed by atoms with Gasteiger partial charge in [0.05, 0.1) is 6.42 Å². The Morgan fingerprint density at radius 3 is 2.90 bits per heavy atom. The SMILES string of the molecule is CCN(CC1CCCNC1)C(=O)Cc1ccccc1F. The Morgan fingerprint density at radius 2 is 2.25 bits per heavy atom. The quantitative estimate of drug-likeness (QED) is 0.895. The first-order valence-electron chi connectivity index (χ1n) is 7.42. The molecule has 1 aromatic carbocycles. The topological polar surface area (TPSA) is 32.3 Å². The number of benzene rings is 1. The first-order valence-corrected chi connectivity index (χ1v) is 7.42. The van der Waals surface area contributed by atoms with Gasteiger partial charge in [0, 0.05) is 13.1 Å². The smallest absolute Gasteiger partial charge is 0.227 e. The van der Waals surface area contributed by atoms with Crippen LogP contribution in [-0.2, 0) is 11.2 Å². The van der Waals surface area contributed by atoms with Gasteiger partial charge in [-0.25, -0.2) is 4.39 Å². The van der Waals surface area contributed by atoms with Crippen molar-refractivity contribution in [2.45, 2.75) is 26.2 Å². The van der Waals surface area contributed by atoms with E-state index in [-0.39, 0.29) is 18.1 Å². The molecule has 0 aromatic heterocycles. The molecule has 1 aromatic rings. The summed E-state index contributed by atoms with van der Waals surface area (Å²) in [5.41, 5.74) is 0.484. The molecule has 1 aliphatic rings. The fourth-order valence-electron chi connectivity index (χ4n) is 2.72. The van der Waals surface area contributed by atoms with Crippen molar-refractivity contribution in [2.24, 2.45) is 5.92 Å². The summed E-state index contributed by atoms with van der Waals surface area (Å²) in [5.74, 6) is 0.243. The van der Waals surface area contributed by atoms with E-state index < -0.39 is 0 Å². The molecule has 1 heterocycles. The van der Waals surface area contributed by atoms with Gasteiger partial charge in [0.2, 0.25) is 5.91 Å². The van der Waals surface area contributed by atoms with Crippen molar-refractivity contribution in [3.8, 4) is 0 Å². The zero-order valence-electron chi connectivity index (χ0n) is 12.1. The van der Waals surface area contributed by atoms with Crippen molar-refractivity contribution in [1.82, 2.24) is 10.2 Å². The van der Waals surface area contributed by atoms with Gasteiger partial charge in [-0.1, -0.05) is 18.2 Å². The fraction of sp³-hybridized carbons (Fsp3) is 0.562. The van der Waals surface area contributed by atoms with Crippen LogP contribution in [0.5, 0.6) is 0 Å². The lowest BCUT2D eigenvalue weighted by atomic mass is 9.98. The van der Waals surface area contributed by atoms with Gasteiger partial charge in [0.15, 0.2) is 0 Å². The van der Waals surface area contributed by atoms with Crippen molar-refractivity contribution < 1.29 is 9.18 Å². The monoisotopic (exact) mass is 278 g/mol. The minimum Gasteiger partial charge on any atom is -0.342 e.